The standard InChI is InChI=1S/C27H28BrN3O5/c1-4-27(2,3)16-9-11-22-19(13-16)25(18-7-5-6-8-21(18)29-22)26(33)36-15-24(32)30-23-12-10-17(31(34)35)14-20(23)28/h5-8,10,12,14,16H,4,9,11,13,15H2,1-3H3,(H,30,32). The summed E-state index contributed by atoms with van der Waals surface area (Å²) in [6.07, 6.45) is 3.58. The molecule has 188 valence electrons. The van der Waals surface area contributed by atoms with E-state index in [2.05, 4.69) is 42.0 Å². The van der Waals surface area contributed by atoms with Crippen LogP contribution in [0.5, 0.6) is 0 Å². The molecule has 2 aromatic carbocycles. The molecule has 8 nitrogen and oxygen atoms in total. The highest BCUT2D eigenvalue weighted by Gasteiger charge is 2.34. The molecular formula is C27H28BrN3O5. The van der Waals surface area contributed by atoms with Gasteiger partial charge in [-0.2, -0.15) is 0 Å². The molecule has 4 rings (SSSR count). The molecule has 1 atom stereocenters. The van der Waals surface area contributed by atoms with Gasteiger partial charge in [0.2, 0.25) is 0 Å². The number of nitro groups is 1. The van der Waals surface area contributed by atoms with Crippen LogP contribution in [-0.4, -0.2) is 28.4 Å². The van der Waals surface area contributed by atoms with Gasteiger partial charge in [-0.1, -0.05) is 45.4 Å². The maximum atomic E-state index is 13.4. The average Bonchev–Trinajstić information content (AvgIpc) is 2.86. The number of aryl methyl sites for hydroxylation is 1. The van der Waals surface area contributed by atoms with Gasteiger partial charge in [-0.05, 0) is 64.2 Å². The molecule has 0 bridgehead atoms. The van der Waals surface area contributed by atoms with E-state index in [1.807, 2.05) is 24.3 Å². The number of anilines is 1. The van der Waals surface area contributed by atoms with Crippen LogP contribution >= 0.6 is 15.9 Å². The number of carbonyl (C=O) groups is 2. The number of pyridine rings is 1. The second-order valence-corrected chi connectivity index (χ2v) is 10.6. The fourth-order valence-electron chi connectivity index (χ4n) is 4.69. The lowest BCUT2D eigenvalue weighted by molar-refractivity contribution is -0.384. The van der Waals surface area contributed by atoms with Crippen molar-refractivity contribution < 1.29 is 19.2 Å². The maximum Gasteiger partial charge on any atom is 0.339 e. The smallest absolute Gasteiger partial charge is 0.339 e. The first-order chi connectivity index (χ1) is 17.1. The Bertz CT molecular complexity index is 1350. The van der Waals surface area contributed by atoms with Gasteiger partial charge in [0.25, 0.3) is 11.6 Å². The third kappa shape index (κ3) is 5.26. The van der Waals surface area contributed by atoms with E-state index in [0.29, 0.717) is 21.6 Å². The maximum absolute atomic E-state index is 13.4. The van der Waals surface area contributed by atoms with Gasteiger partial charge in [0.15, 0.2) is 6.61 Å². The topological polar surface area (TPSA) is 111 Å². The summed E-state index contributed by atoms with van der Waals surface area (Å²) in [5, 5.41) is 14.3. The predicted octanol–water partition coefficient (Wildman–Crippen LogP) is 6.24. The Hall–Kier alpha value is -3.33. The highest BCUT2D eigenvalue weighted by molar-refractivity contribution is 9.10. The SMILES string of the molecule is CCC(C)(C)C1CCc2nc3ccccc3c(C(=O)OCC(=O)Nc3ccc([N+](=O)[O-])cc3Br)c2C1. The number of hydrogen-bond acceptors (Lipinski definition) is 6. The number of ether oxygens (including phenoxy) is 1. The monoisotopic (exact) mass is 553 g/mol. The van der Waals surface area contributed by atoms with E-state index in [4.69, 9.17) is 9.72 Å². The van der Waals surface area contributed by atoms with Gasteiger partial charge in [0.05, 0.1) is 21.7 Å². The Morgan fingerprint density at radius 2 is 2.00 bits per heavy atom. The summed E-state index contributed by atoms with van der Waals surface area (Å²) in [7, 11) is 0. The molecule has 0 spiro atoms. The zero-order valence-electron chi connectivity index (χ0n) is 20.5. The fraction of sp³-hybridized carbons (Fsp3) is 0.370. The van der Waals surface area contributed by atoms with Crippen molar-refractivity contribution in [2.75, 3.05) is 11.9 Å². The Balaban J connectivity index is 1.57. The molecular weight excluding hydrogens is 526 g/mol. The van der Waals surface area contributed by atoms with E-state index in [0.717, 1.165) is 47.8 Å². The van der Waals surface area contributed by atoms with Gasteiger partial charge in [0, 0.05) is 27.7 Å². The molecule has 1 unspecified atom stereocenters. The summed E-state index contributed by atoms with van der Waals surface area (Å²) in [4.78, 5) is 41.2. The number of aromatic nitrogens is 1. The van der Waals surface area contributed by atoms with Crippen molar-refractivity contribution in [3.63, 3.8) is 0 Å². The molecule has 1 aliphatic carbocycles. The Labute approximate surface area is 217 Å². The normalized spacial score (nSPS) is 15.3. The zero-order valence-corrected chi connectivity index (χ0v) is 22.1. The Morgan fingerprint density at radius 1 is 1.25 bits per heavy atom. The van der Waals surface area contributed by atoms with Crippen molar-refractivity contribution in [2.45, 2.75) is 46.5 Å². The number of nitro benzene ring substituents is 1. The van der Waals surface area contributed by atoms with Crippen molar-refractivity contribution in [2.24, 2.45) is 11.3 Å². The molecule has 1 aromatic heterocycles. The molecule has 1 heterocycles. The van der Waals surface area contributed by atoms with Crippen molar-refractivity contribution in [3.05, 3.63) is 73.9 Å². The van der Waals surface area contributed by atoms with E-state index >= 15 is 0 Å². The van der Waals surface area contributed by atoms with Crippen LogP contribution < -0.4 is 5.32 Å². The predicted molar refractivity (Wildman–Crippen MR) is 141 cm³/mol. The number of nitrogens with zero attached hydrogens (tertiary/aromatic N) is 2. The van der Waals surface area contributed by atoms with Crippen LogP contribution in [0.4, 0.5) is 11.4 Å². The molecule has 3 aromatic rings. The molecule has 36 heavy (non-hydrogen) atoms. The molecule has 0 radical (unpaired) electrons. The number of rotatable bonds is 7. The fourth-order valence-corrected chi connectivity index (χ4v) is 5.15. The van der Waals surface area contributed by atoms with Crippen molar-refractivity contribution >= 4 is 50.1 Å². The molecule has 1 amide bonds. The number of esters is 1. The summed E-state index contributed by atoms with van der Waals surface area (Å²) < 4.78 is 5.84. The number of carbonyl (C=O) groups excluding carboxylic acids is 2. The van der Waals surface area contributed by atoms with Crippen molar-refractivity contribution in [3.8, 4) is 0 Å². The third-order valence-corrected chi connectivity index (χ3v) is 7.91. The first kappa shape index (κ1) is 25.8. The highest BCUT2D eigenvalue weighted by atomic mass is 79.9. The lowest BCUT2D eigenvalue weighted by atomic mass is 9.68. The minimum atomic E-state index is -0.558. The highest BCUT2D eigenvalue weighted by Crippen LogP contribution is 2.41. The van der Waals surface area contributed by atoms with Crippen LogP contribution in [-0.2, 0) is 22.4 Å². The van der Waals surface area contributed by atoms with Crippen LogP contribution in [0.1, 0.15) is 55.2 Å². The first-order valence-corrected chi connectivity index (χ1v) is 12.7. The minimum Gasteiger partial charge on any atom is -0.452 e. The zero-order chi connectivity index (χ0) is 26.0. The van der Waals surface area contributed by atoms with Crippen LogP contribution in [0.15, 0.2) is 46.9 Å². The number of non-ortho nitro benzene ring substituents is 1. The molecule has 1 N–H and O–H groups in total. The number of hydrogen-bond donors (Lipinski definition) is 1. The number of nitrogens with one attached hydrogen (secondary N) is 1. The molecule has 0 saturated heterocycles. The second kappa shape index (κ2) is 10.3. The van der Waals surface area contributed by atoms with Gasteiger partial charge in [-0.15, -0.1) is 0 Å². The molecule has 0 saturated carbocycles. The molecule has 9 heteroatoms. The lowest BCUT2D eigenvalue weighted by Crippen LogP contribution is -2.31. The van der Waals surface area contributed by atoms with E-state index in [1.165, 1.54) is 18.2 Å². The summed E-state index contributed by atoms with van der Waals surface area (Å²) in [6.45, 7) is 6.22. The lowest BCUT2D eigenvalue weighted by Gasteiger charge is -2.37. The number of halogens is 1. The Kier molecular flexibility index (Phi) is 7.40. The van der Waals surface area contributed by atoms with E-state index < -0.39 is 23.4 Å². The largest absolute Gasteiger partial charge is 0.452 e. The Morgan fingerprint density at radius 3 is 2.69 bits per heavy atom. The summed E-state index contributed by atoms with van der Waals surface area (Å²) in [5.74, 6) is -0.694. The summed E-state index contributed by atoms with van der Waals surface area (Å²) in [6, 6.07) is 11.5. The first-order valence-electron chi connectivity index (χ1n) is 11.9. The van der Waals surface area contributed by atoms with Crippen LogP contribution in [0.3, 0.4) is 0 Å². The number of para-hydroxylation sites is 1. The van der Waals surface area contributed by atoms with Crippen LogP contribution in [0.2, 0.25) is 0 Å². The quantitative estimate of drug-likeness (QED) is 0.210. The van der Waals surface area contributed by atoms with Gasteiger partial charge >= 0.3 is 5.97 Å². The average molecular weight is 554 g/mol. The molecule has 0 fully saturated rings. The van der Waals surface area contributed by atoms with Gasteiger partial charge in [-0.25, -0.2) is 4.79 Å². The van der Waals surface area contributed by atoms with E-state index in [1.54, 1.807) is 0 Å². The number of fused-ring (bicyclic) bond motifs is 2. The van der Waals surface area contributed by atoms with E-state index in [-0.39, 0.29) is 11.1 Å². The second-order valence-electron chi connectivity index (χ2n) is 9.76. The third-order valence-electron chi connectivity index (χ3n) is 7.25. The van der Waals surface area contributed by atoms with Crippen LogP contribution in [0, 0.1) is 21.4 Å². The van der Waals surface area contributed by atoms with E-state index in [9.17, 15) is 19.7 Å². The van der Waals surface area contributed by atoms with Gasteiger partial charge in [-0.3, -0.25) is 19.9 Å². The minimum absolute atomic E-state index is 0.106. The summed E-state index contributed by atoms with van der Waals surface area (Å²) >= 11 is 3.22. The van der Waals surface area contributed by atoms with Crippen molar-refractivity contribution in [1.82, 2.24) is 4.98 Å². The van der Waals surface area contributed by atoms with Gasteiger partial charge in [0.1, 0.15) is 0 Å². The number of amides is 1. The molecule has 0 aliphatic heterocycles. The summed E-state index contributed by atoms with van der Waals surface area (Å²) in [5.41, 5.74) is 3.41. The number of benzene rings is 2. The van der Waals surface area contributed by atoms with Gasteiger partial charge < -0.3 is 10.1 Å². The molecule has 1 aliphatic rings. The van der Waals surface area contributed by atoms with Crippen molar-refractivity contribution in [1.29, 1.82) is 0 Å². The van der Waals surface area contributed by atoms with Crippen LogP contribution in [0.25, 0.3) is 10.9 Å².